The van der Waals surface area contributed by atoms with Crippen molar-refractivity contribution < 1.29 is 19.2 Å². The van der Waals surface area contributed by atoms with Crippen LogP contribution in [0.5, 0.6) is 0 Å². The molecule has 7 heteroatoms. The van der Waals surface area contributed by atoms with Crippen molar-refractivity contribution in [2.45, 2.75) is 6.92 Å². The number of hydrogen-bond acceptors (Lipinski definition) is 5. The van der Waals surface area contributed by atoms with Crippen LogP contribution in [-0.2, 0) is 14.3 Å². The lowest BCUT2D eigenvalue weighted by Crippen LogP contribution is -2.20. The van der Waals surface area contributed by atoms with Crippen LogP contribution in [0.15, 0.2) is 11.9 Å². The topological polar surface area (TPSA) is 98.5 Å². The monoisotopic (exact) mass is 188 g/mol. The van der Waals surface area contributed by atoms with Crippen molar-refractivity contribution in [2.24, 2.45) is 0 Å². The van der Waals surface area contributed by atoms with Gasteiger partial charge in [0.15, 0.2) is 0 Å². The maximum atomic E-state index is 10.7. The van der Waals surface area contributed by atoms with Gasteiger partial charge in [-0.1, -0.05) is 0 Å². The summed E-state index contributed by atoms with van der Waals surface area (Å²) in [5.41, 5.74) is -0.822. The van der Waals surface area contributed by atoms with Gasteiger partial charge >= 0.3 is 11.7 Å². The van der Waals surface area contributed by atoms with Gasteiger partial charge in [0.05, 0.1) is 18.2 Å². The molecule has 0 saturated heterocycles. The van der Waals surface area contributed by atoms with Gasteiger partial charge in [-0.05, 0) is 0 Å². The van der Waals surface area contributed by atoms with Gasteiger partial charge in [-0.15, -0.1) is 0 Å². The van der Waals surface area contributed by atoms with E-state index in [4.69, 9.17) is 0 Å². The van der Waals surface area contributed by atoms with Gasteiger partial charge < -0.3 is 10.1 Å². The fourth-order valence-corrected chi connectivity index (χ4v) is 0.461. The summed E-state index contributed by atoms with van der Waals surface area (Å²) in [6, 6.07) is 0. The van der Waals surface area contributed by atoms with E-state index in [0.717, 1.165) is 14.0 Å². The van der Waals surface area contributed by atoms with Gasteiger partial charge in [-0.3, -0.25) is 14.9 Å². The maximum Gasteiger partial charge on any atom is 0.411 e. The summed E-state index contributed by atoms with van der Waals surface area (Å²) in [6.07, 6.45) is 0.689. The molecule has 0 saturated carbocycles. The third kappa shape index (κ3) is 3.85. The van der Waals surface area contributed by atoms with Crippen LogP contribution in [0.2, 0.25) is 0 Å². The number of methoxy groups -OCH3 is 1. The molecular formula is C6H8N2O5. The van der Waals surface area contributed by atoms with Crippen molar-refractivity contribution in [1.29, 1.82) is 0 Å². The fraction of sp³-hybridized carbons (Fsp3) is 0.333. The Morgan fingerprint density at radius 3 is 2.38 bits per heavy atom. The summed E-state index contributed by atoms with van der Waals surface area (Å²) in [5, 5.41) is 12.2. The lowest BCUT2D eigenvalue weighted by Gasteiger charge is -1.96. The number of nitrogens with zero attached hydrogens (tertiary/aromatic N) is 1. The Kier molecular flexibility index (Phi) is 4.14. The molecule has 0 aliphatic heterocycles. The molecule has 0 heterocycles. The third-order valence-electron chi connectivity index (χ3n) is 1.00. The van der Waals surface area contributed by atoms with E-state index in [2.05, 4.69) is 4.74 Å². The van der Waals surface area contributed by atoms with Gasteiger partial charge in [-0.2, -0.15) is 0 Å². The second-order valence-electron chi connectivity index (χ2n) is 1.98. The standard InChI is InChI=1S/C6H8N2O5/c1-4(9)7-3-5(8(11)12)6(10)13-2/h3H,1-2H3,(H,7,9)/b5-3+. The van der Waals surface area contributed by atoms with E-state index in [-0.39, 0.29) is 0 Å². The predicted molar refractivity (Wildman–Crippen MR) is 40.9 cm³/mol. The number of esters is 1. The summed E-state index contributed by atoms with van der Waals surface area (Å²) >= 11 is 0. The molecular weight excluding hydrogens is 180 g/mol. The van der Waals surface area contributed by atoms with Crippen molar-refractivity contribution in [3.8, 4) is 0 Å². The van der Waals surface area contributed by atoms with Crippen LogP contribution in [0.4, 0.5) is 0 Å². The third-order valence-corrected chi connectivity index (χ3v) is 1.00. The van der Waals surface area contributed by atoms with Crippen LogP contribution in [0.3, 0.4) is 0 Å². The largest absolute Gasteiger partial charge is 0.461 e. The lowest BCUT2D eigenvalue weighted by atomic mass is 10.5. The molecule has 0 aromatic heterocycles. The van der Waals surface area contributed by atoms with Gasteiger partial charge in [-0.25, -0.2) is 4.79 Å². The Bertz CT molecular complexity index is 270. The highest BCUT2D eigenvalue weighted by molar-refractivity contribution is 5.86. The highest BCUT2D eigenvalue weighted by Gasteiger charge is 2.22. The minimum absolute atomic E-state index is 0.511. The maximum absolute atomic E-state index is 10.7. The molecule has 0 rings (SSSR count). The molecule has 72 valence electrons. The molecule has 1 N–H and O–H groups in total. The van der Waals surface area contributed by atoms with Crippen LogP contribution >= 0.6 is 0 Å². The molecule has 0 bridgehead atoms. The molecule has 0 atom stereocenters. The van der Waals surface area contributed by atoms with Crippen molar-refractivity contribution in [3.05, 3.63) is 22.0 Å². The minimum atomic E-state index is -1.11. The Labute approximate surface area is 73.5 Å². The molecule has 0 aliphatic carbocycles. The second-order valence-corrected chi connectivity index (χ2v) is 1.98. The van der Waals surface area contributed by atoms with Crippen molar-refractivity contribution >= 4 is 11.9 Å². The van der Waals surface area contributed by atoms with Crippen molar-refractivity contribution in [2.75, 3.05) is 7.11 Å². The molecule has 0 unspecified atom stereocenters. The van der Waals surface area contributed by atoms with Crippen LogP contribution < -0.4 is 5.32 Å². The predicted octanol–water partition coefficient (Wildman–Crippen LogP) is -0.586. The fourth-order valence-electron chi connectivity index (χ4n) is 0.461. The van der Waals surface area contributed by atoms with Gasteiger partial charge in [0.1, 0.15) is 0 Å². The zero-order chi connectivity index (χ0) is 10.4. The number of rotatable bonds is 3. The van der Waals surface area contributed by atoms with E-state index >= 15 is 0 Å². The number of amides is 1. The van der Waals surface area contributed by atoms with Gasteiger partial charge in [0.25, 0.3) is 0 Å². The molecule has 13 heavy (non-hydrogen) atoms. The summed E-state index contributed by atoms with van der Waals surface area (Å²) < 4.78 is 4.11. The first-order valence-corrected chi connectivity index (χ1v) is 3.19. The van der Waals surface area contributed by atoms with E-state index in [1.54, 1.807) is 0 Å². The second kappa shape index (κ2) is 4.86. The Morgan fingerprint density at radius 2 is 2.08 bits per heavy atom. The summed E-state index contributed by atoms with van der Waals surface area (Å²) in [7, 11) is 1.01. The SMILES string of the molecule is COC(=O)/C(=C\NC(C)=O)[N+](=O)[O-]. The molecule has 7 nitrogen and oxygen atoms in total. The van der Waals surface area contributed by atoms with Crippen LogP contribution in [0.25, 0.3) is 0 Å². The average molecular weight is 188 g/mol. The highest BCUT2D eigenvalue weighted by Crippen LogP contribution is 1.96. The Morgan fingerprint density at radius 1 is 1.54 bits per heavy atom. The van der Waals surface area contributed by atoms with Crippen LogP contribution in [0, 0.1) is 10.1 Å². The van der Waals surface area contributed by atoms with Crippen LogP contribution in [0.1, 0.15) is 6.92 Å². The van der Waals surface area contributed by atoms with E-state index in [1.165, 1.54) is 0 Å². The molecule has 0 aromatic carbocycles. The minimum Gasteiger partial charge on any atom is -0.461 e. The number of carbonyl (C=O) groups is 2. The summed E-state index contributed by atoms with van der Waals surface area (Å²) in [5.74, 6) is -1.62. The Hall–Kier alpha value is -1.92. The number of nitrogens with one attached hydrogen (secondary N) is 1. The number of nitro groups is 1. The number of carbonyl (C=O) groups excluding carboxylic acids is 2. The normalized spacial score (nSPS) is 10.5. The highest BCUT2D eigenvalue weighted by atomic mass is 16.6. The van der Waals surface area contributed by atoms with Crippen molar-refractivity contribution in [3.63, 3.8) is 0 Å². The van der Waals surface area contributed by atoms with Gasteiger partial charge in [0.2, 0.25) is 5.91 Å². The number of ether oxygens (including phenoxy) is 1. The lowest BCUT2D eigenvalue weighted by molar-refractivity contribution is -0.421. The zero-order valence-corrected chi connectivity index (χ0v) is 7.07. The molecule has 0 aromatic rings. The summed E-state index contributed by atoms with van der Waals surface area (Å²) in [6.45, 7) is 1.16. The van der Waals surface area contributed by atoms with Crippen LogP contribution in [-0.4, -0.2) is 23.9 Å². The Balaban J connectivity index is 4.60. The van der Waals surface area contributed by atoms with Crippen molar-refractivity contribution in [1.82, 2.24) is 5.32 Å². The first-order valence-electron chi connectivity index (χ1n) is 3.19. The zero-order valence-electron chi connectivity index (χ0n) is 7.07. The summed E-state index contributed by atoms with van der Waals surface area (Å²) in [4.78, 5) is 30.3. The first kappa shape index (κ1) is 11.1. The van der Waals surface area contributed by atoms with E-state index < -0.39 is 22.5 Å². The van der Waals surface area contributed by atoms with Gasteiger partial charge in [0, 0.05) is 6.92 Å². The average Bonchev–Trinajstić information content (AvgIpc) is 2.03. The smallest absolute Gasteiger partial charge is 0.411 e. The first-order chi connectivity index (χ1) is 5.99. The molecule has 0 fully saturated rings. The molecule has 0 aliphatic rings. The molecule has 0 radical (unpaired) electrons. The number of hydrogen-bond donors (Lipinski definition) is 1. The van der Waals surface area contributed by atoms with E-state index in [0.29, 0.717) is 6.20 Å². The van der Waals surface area contributed by atoms with E-state index in [9.17, 15) is 19.7 Å². The van der Waals surface area contributed by atoms with E-state index in [1.807, 2.05) is 5.32 Å². The quantitative estimate of drug-likeness (QED) is 0.276. The molecule has 0 spiro atoms. The molecule has 1 amide bonds.